The molecule has 0 fully saturated rings. The maximum Gasteiger partial charge on any atom is 0.246 e. The molecular formula is C12H10BrN5O. The number of nitrogen functional groups attached to an aromatic ring is 1. The molecule has 0 saturated carbocycles. The minimum absolute atomic E-state index is 0.0363. The molecule has 0 bridgehead atoms. The Hall–Kier alpha value is -2.33. The van der Waals surface area contributed by atoms with Gasteiger partial charge in [-0.25, -0.2) is 0 Å². The van der Waals surface area contributed by atoms with Crippen molar-refractivity contribution in [3.8, 4) is 6.07 Å². The molecule has 1 aromatic heterocycles. The molecule has 0 spiro atoms. The number of nitrogens with zero attached hydrogens (tertiary/aromatic N) is 3. The Labute approximate surface area is 118 Å². The van der Waals surface area contributed by atoms with Crippen LogP contribution in [0.3, 0.4) is 0 Å². The van der Waals surface area contributed by atoms with Crippen molar-refractivity contribution in [3.05, 3.63) is 40.5 Å². The summed E-state index contributed by atoms with van der Waals surface area (Å²) in [6.07, 6.45) is 1.61. The highest BCUT2D eigenvalue weighted by Crippen LogP contribution is 2.20. The van der Waals surface area contributed by atoms with Gasteiger partial charge in [0.1, 0.15) is 18.4 Å². The Bertz CT molecular complexity index is 658. The standard InChI is InChI=1S/C12H10BrN5O/c13-9-2-1-8(6-14)10(5-9)16-12(19)7-18-4-3-11(15)17-18/h1-5H,7H2,(H2,15,17)(H,16,19). The smallest absolute Gasteiger partial charge is 0.246 e. The SMILES string of the molecule is N#Cc1ccc(Br)cc1NC(=O)Cn1ccc(N)n1. The minimum Gasteiger partial charge on any atom is -0.382 e. The van der Waals surface area contributed by atoms with Crippen LogP contribution in [0.15, 0.2) is 34.9 Å². The van der Waals surface area contributed by atoms with Crippen molar-refractivity contribution in [2.45, 2.75) is 6.54 Å². The van der Waals surface area contributed by atoms with Crippen molar-refractivity contribution < 1.29 is 4.79 Å². The van der Waals surface area contributed by atoms with Gasteiger partial charge in [0.05, 0.1) is 11.3 Å². The third kappa shape index (κ3) is 3.33. The van der Waals surface area contributed by atoms with Crippen molar-refractivity contribution in [1.82, 2.24) is 9.78 Å². The van der Waals surface area contributed by atoms with E-state index in [1.807, 2.05) is 6.07 Å². The van der Waals surface area contributed by atoms with E-state index in [0.717, 1.165) is 4.47 Å². The molecule has 0 unspecified atom stereocenters. The van der Waals surface area contributed by atoms with Crippen LogP contribution in [0.1, 0.15) is 5.56 Å². The van der Waals surface area contributed by atoms with E-state index in [9.17, 15) is 4.79 Å². The minimum atomic E-state index is -0.280. The highest BCUT2D eigenvalue weighted by molar-refractivity contribution is 9.10. The first-order valence-corrected chi connectivity index (χ1v) is 6.16. The molecule has 6 nitrogen and oxygen atoms in total. The number of benzene rings is 1. The van der Waals surface area contributed by atoms with Crippen LogP contribution in [-0.2, 0) is 11.3 Å². The summed E-state index contributed by atoms with van der Waals surface area (Å²) in [7, 11) is 0. The number of anilines is 2. The fourth-order valence-electron chi connectivity index (χ4n) is 1.52. The zero-order valence-electron chi connectivity index (χ0n) is 9.80. The maximum absolute atomic E-state index is 11.8. The van der Waals surface area contributed by atoms with Crippen LogP contribution >= 0.6 is 15.9 Å². The normalized spacial score (nSPS) is 9.89. The summed E-state index contributed by atoms with van der Waals surface area (Å²) in [5.41, 5.74) is 6.32. The lowest BCUT2D eigenvalue weighted by molar-refractivity contribution is -0.116. The first-order chi connectivity index (χ1) is 9.08. The fraction of sp³-hybridized carbons (Fsp3) is 0.0833. The number of hydrogen-bond donors (Lipinski definition) is 2. The lowest BCUT2D eigenvalue weighted by Crippen LogP contribution is -2.19. The van der Waals surface area contributed by atoms with Gasteiger partial charge in [0.25, 0.3) is 0 Å². The van der Waals surface area contributed by atoms with E-state index in [1.54, 1.807) is 30.5 Å². The molecule has 0 atom stereocenters. The number of nitrogens with one attached hydrogen (secondary N) is 1. The van der Waals surface area contributed by atoms with Crippen molar-refractivity contribution in [1.29, 1.82) is 5.26 Å². The zero-order valence-corrected chi connectivity index (χ0v) is 11.4. The molecule has 3 N–H and O–H groups in total. The summed E-state index contributed by atoms with van der Waals surface area (Å²) >= 11 is 3.29. The Morgan fingerprint density at radius 1 is 1.53 bits per heavy atom. The van der Waals surface area contributed by atoms with Gasteiger partial charge in [-0.05, 0) is 24.3 Å². The Morgan fingerprint density at radius 2 is 2.32 bits per heavy atom. The number of carbonyl (C=O) groups excluding carboxylic acids is 1. The second kappa shape index (κ2) is 5.54. The van der Waals surface area contributed by atoms with Gasteiger partial charge in [-0.3, -0.25) is 9.48 Å². The second-order valence-corrected chi connectivity index (χ2v) is 4.70. The van der Waals surface area contributed by atoms with Crippen molar-refractivity contribution >= 4 is 33.3 Å². The van der Waals surface area contributed by atoms with Crippen LogP contribution in [0.2, 0.25) is 0 Å². The predicted molar refractivity (Wildman–Crippen MR) is 74.1 cm³/mol. The van der Waals surface area contributed by atoms with Crippen LogP contribution in [0.5, 0.6) is 0 Å². The number of nitriles is 1. The van der Waals surface area contributed by atoms with Gasteiger partial charge in [0.2, 0.25) is 5.91 Å². The van der Waals surface area contributed by atoms with Crippen LogP contribution in [-0.4, -0.2) is 15.7 Å². The van der Waals surface area contributed by atoms with Gasteiger partial charge in [-0.15, -0.1) is 0 Å². The average Bonchev–Trinajstić information content (AvgIpc) is 2.75. The van der Waals surface area contributed by atoms with Crippen LogP contribution in [0.4, 0.5) is 11.5 Å². The van der Waals surface area contributed by atoms with Crippen molar-refractivity contribution in [2.75, 3.05) is 11.1 Å². The van der Waals surface area contributed by atoms with E-state index < -0.39 is 0 Å². The van der Waals surface area contributed by atoms with Crippen molar-refractivity contribution in [3.63, 3.8) is 0 Å². The van der Waals surface area contributed by atoms with Gasteiger partial charge in [-0.1, -0.05) is 15.9 Å². The van der Waals surface area contributed by atoms with E-state index in [2.05, 4.69) is 26.3 Å². The molecule has 19 heavy (non-hydrogen) atoms. The Morgan fingerprint density at radius 3 is 2.95 bits per heavy atom. The molecule has 0 aliphatic rings. The zero-order chi connectivity index (χ0) is 13.8. The molecule has 0 aliphatic carbocycles. The topological polar surface area (TPSA) is 96.7 Å². The van der Waals surface area contributed by atoms with E-state index >= 15 is 0 Å². The monoisotopic (exact) mass is 319 g/mol. The van der Waals surface area contributed by atoms with Crippen LogP contribution in [0.25, 0.3) is 0 Å². The number of nitrogens with two attached hydrogens (primary N) is 1. The van der Waals surface area contributed by atoms with E-state index in [4.69, 9.17) is 11.0 Å². The fourth-order valence-corrected chi connectivity index (χ4v) is 1.88. The summed E-state index contributed by atoms with van der Waals surface area (Å²) < 4.78 is 2.21. The summed E-state index contributed by atoms with van der Waals surface area (Å²) in [6, 6.07) is 8.67. The Kier molecular flexibility index (Phi) is 3.82. The molecule has 0 radical (unpaired) electrons. The molecule has 7 heteroatoms. The molecule has 1 aromatic carbocycles. The van der Waals surface area contributed by atoms with Gasteiger partial charge >= 0.3 is 0 Å². The van der Waals surface area contributed by atoms with E-state index in [1.165, 1.54) is 4.68 Å². The largest absolute Gasteiger partial charge is 0.382 e. The quantitative estimate of drug-likeness (QED) is 0.900. The third-order valence-electron chi connectivity index (χ3n) is 2.34. The molecule has 96 valence electrons. The number of rotatable bonds is 3. The summed E-state index contributed by atoms with van der Waals surface area (Å²) in [6.45, 7) is 0.0363. The lowest BCUT2D eigenvalue weighted by Gasteiger charge is -2.07. The summed E-state index contributed by atoms with van der Waals surface area (Å²) in [5, 5.41) is 15.5. The van der Waals surface area contributed by atoms with Gasteiger partial charge < -0.3 is 11.1 Å². The maximum atomic E-state index is 11.8. The van der Waals surface area contributed by atoms with Gasteiger partial charge in [0, 0.05) is 10.7 Å². The average molecular weight is 320 g/mol. The molecular weight excluding hydrogens is 310 g/mol. The summed E-state index contributed by atoms with van der Waals surface area (Å²) in [5.74, 6) is 0.0747. The molecule has 1 heterocycles. The number of amides is 1. The van der Waals surface area contributed by atoms with Crippen LogP contribution < -0.4 is 11.1 Å². The van der Waals surface area contributed by atoms with Gasteiger partial charge in [0.15, 0.2) is 0 Å². The highest BCUT2D eigenvalue weighted by Gasteiger charge is 2.08. The summed E-state index contributed by atoms with van der Waals surface area (Å²) in [4.78, 5) is 11.8. The molecule has 2 rings (SSSR count). The predicted octanol–water partition coefficient (Wildman–Crippen LogP) is 1.74. The molecule has 0 aliphatic heterocycles. The third-order valence-corrected chi connectivity index (χ3v) is 2.84. The lowest BCUT2D eigenvalue weighted by atomic mass is 10.2. The van der Waals surface area contributed by atoms with Crippen LogP contribution in [0, 0.1) is 11.3 Å². The molecule has 1 amide bonds. The van der Waals surface area contributed by atoms with Crippen molar-refractivity contribution in [2.24, 2.45) is 0 Å². The Balaban J connectivity index is 2.11. The highest BCUT2D eigenvalue weighted by atomic mass is 79.9. The first kappa shape index (κ1) is 13.1. The molecule has 2 aromatic rings. The number of aromatic nitrogens is 2. The second-order valence-electron chi connectivity index (χ2n) is 3.79. The van der Waals surface area contributed by atoms with E-state index in [0.29, 0.717) is 17.1 Å². The number of carbonyl (C=O) groups is 1. The van der Waals surface area contributed by atoms with Gasteiger partial charge in [-0.2, -0.15) is 10.4 Å². The van der Waals surface area contributed by atoms with E-state index in [-0.39, 0.29) is 12.5 Å². The molecule has 0 saturated heterocycles. The number of hydrogen-bond acceptors (Lipinski definition) is 4. The first-order valence-electron chi connectivity index (χ1n) is 5.37. The number of halogens is 1.